The number of halogens is 1. The number of ether oxygens (including phenoxy) is 1. The average Bonchev–Trinajstić information content (AvgIpc) is 2.88. The van der Waals surface area contributed by atoms with Gasteiger partial charge in [0.05, 0.1) is 18.3 Å². The number of anilines is 1. The van der Waals surface area contributed by atoms with E-state index in [1.165, 1.54) is 19.2 Å². The smallest absolute Gasteiger partial charge is 0.325 e. The zero-order valence-corrected chi connectivity index (χ0v) is 11.9. The van der Waals surface area contributed by atoms with E-state index in [0.29, 0.717) is 22.6 Å². The number of nitrogens with two attached hydrogens (primary N) is 1. The molecule has 0 saturated carbocycles. The van der Waals surface area contributed by atoms with Crippen molar-refractivity contribution in [1.82, 2.24) is 9.55 Å². The van der Waals surface area contributed by atoms with E-state index >= 15 is 0 Å². The van der Waals surface area contributed by atoms with E-state index in [2.05, 4.69) is 4.98 Å². The van der Waals surface area contributed by atoms with Crippen LogP contribution in [0.3, 0.4) is 0 Å². The van der Waals surface area contributed by atoms with Gasteiger partial charge in [0.1, 0.15) is 23.7 Å². The number of rotatable bonds is 3. The highest BCUT2D eigenvalue weighted by atomic mass is 19.1. The largest absolute Gasteiger partial charge is 0.468 e. The Morgan fingerprint density at radius 1 is 1.27 bits per heavy atom. The molecule has 6 heteroatoms. The van der Waals surface area contributed by atoms with E-state index in [9.17, 15) is 9.18 Å². The SMILES string of the molecule is COC(=O)Cn1c(-c2ccc(F)cc2)nc2c(N)cccc21. The molecule has 0 saturated heterocycles. The van der Waals surface area contributed by atoms with E-state index in [1.54, 1.807) is 28.8 Å². The summed E-state index contributed by atoms with van der Waals surface area (Å²) in [6.45, 7) is 0.00314. The van der Waals surface area contributed by atoms with Crippen molar-refractivity contribution in [2.45, 2.75) is 6.54 Å². The van der Waals surface area contributed by atoms with Crippen LogP contribution in [0.2, 0.25) is 0 Å². The fourth-order valence-electron chi connectivity index (χ4n) is 2.34. The van der Waals surface area contributed by atoms with Gasteiger partial charge >= 0.3 is 5.97 Å². The maximum absolute atomic E-state index is 13.1. The van der Waals surface area contributed by atoms with Gasteiger partial charge in [-0.05, 0) is 36.4 Å². The lowest BCUT2D eigenvalue weighted by Gasteiger charge is -2.08. The molecule has 0 amide bonds. The molecule has 0 fully saturated rings. The molecule has 0 atom stereocenters. The number of nitrogens with zero attached hydrogens (tertiary/aromatic N) is 2. The van der Waals surface area contributed by atoms with E-state index in [4.69, 9.17) is 10.5 Å². The monoisotopic (exact) mass is 299 g/mol. The Morgan fingerprint density at radius 3 is 2.68 bits per heavy atom. The summed E-state index contributed by atoms with van der Waals surface area (Å²) in [7, 11) is 1.33. The number of hydrogen-bond acceptors (Lipinski definition) is 4. The summed E-state index contributed by atoms with van der Waals surface area (Å²) in [6.07, 6.45) is 0. The van der Waals surface area contributed by atoms with Gasteiger partial charge in [-0.1, -0.05) is 6.07 Å². The summed E-state index contributed by atoms with van der Waals surface area (Å²) < 4.78 is 19.6. The quantitative estimate of drug-likeness (QED) is 0.596. The Morgan fingerprint density at radius 2 is 2.00 bits per heavy atom. The molecule has 1 heterocycles. The van der Waals surface area contributed by atoms with Crippen LogP contribution in [-0.4, -0.2) is 22.6 Å². The normalized spacial score (nSPS) is 10.8. The van der Waals surface area contributed by atoms with Crippen molar-refractivity contribution in [2.75, 3.05) is 12.8 Å². The Bertz CT molecular complexity index is 840. The molecule has 1 aromatic heterocycles. The molecule has 0 spiro atoms. The van der Waals surface area contributed by atoms with Gasteiger partial charge in [0.2, 0.25) is 0 Å². The molecule has 3 rings (SSSR count). The summed E-state index contributed by atoms with van der Waals surface area (Å²) in [6, 6.07) is 11.3. The zero-order valence-electron chi connectivity index (χ0n) is 11.9. The van der Waals surface area contributed by atoms with Crippen LogP contribution in [0.4, 0.5) is 10.1 Å². The molecule has 5 nitrogen and oxygen atoms in total. The third kappa shape index (κ3) is 2.39. The number of carbonyl (C=O) groups is 1. The number of benzene rings is 2. The molecule has 0 radical (unpaired) electrons. The molecule has 0 unspecified atom stereocenters. The van der Waals surface area contributed by atoms with Crippen LogP contribution in [0.25, 0.3) is 22.4 Å². The predicted octanol–water partition coefficient (Wildman–Crippen LogP) is 2.60. The number of carbonyl (C=O) groups excluding carboxylic acids is 1. The molecular weight excluding hydrogens is 285 g/mol. The minimum atomic E-state index is -0.398. The molecule has 22 heavy (non-hydrogen) atoms. The Hall–Kier alpha value is -2.89. The maximum atomic E-state index is 13.1. The van der Waals surface area contributed by atoms with Crippen LogP contribution in [0, 0.1) is 5.82 Å². The van der Waals surface area contributed by atoms with Gasteiger partial charge in [-0.15, -0.1) is 0 Å². The van der Waals surface area contributed by atoms with Crippen LogP contribution in [0.5, 0.6) is 0 Å². The minimum absolute atomic E-state index is 0.00314. The maximum Gasteiger partial charge on any atom is 0.325 e. The average molecular weight is 299 g/mol. The van der Waals surface area contributed by atoms with E-state index in [-0.39, 0.29) is 12.4 Å². The molecule has 112 valence electrons. The van der Waals surface area contributed by atoms with Crippen LogP contribution in [0.15, 0.2) is 42.5 Å². The highest BCUT2D eigenvalue weighted by Crippen LogP contribution is 2.28. The third-order valence-corrected chi connectivity index (χ3v) is 3.43. The van der Waals surface area contributed by atoms with Crippen LogP contribution in [0.1, 0.15) is 0 Å². The van der Waals surface area contributed by atoms with Gasteiger partial charge in [0, 0.05) is 5.56 Å². The number of esters is 1. The van der Waals surface area contributed by atoms with Gasteiger partial charge in [-0.25, -0.2) is 9.37 Å². The van der Waals surface area contributed by atoms with Gasteiger partial charge in [0.15, 0.2) is 0 Å². The third-order valence-electron chi connectivity index (χ3n) is 3.43. The first kappa shape index (κ1) is 14.1. The second kappa shape index (κ2) is 5.48. The lowest BCUT2D eigenvalue weighted by Crippen LogP contribution is -2.12. The summed E-state index contributed by atoms with van der Waals surface area (Å²) in [4.78, 5) is 16.2. The van der Waals surface area contributed by atoms with E-state index < -0.39 is 5.97 Å². The van der Waals surface area contributed by atoms with Crippen LogP contribution >= 0.6 is 0 Å². The van der Waals surface area contributed by atoms with Crippen molar-refractivity contribution in [3.8, 4) is 11.4 Å². The standard InChI is InChI=1S/C16H14FN3O2/c1-22-14(21)9-20-13-4-2-3-12(18)15(13)19-16(20)10-5-7-11(17)8-6-10/h2-8H,9,18H2,1H3. The van der Waals surface area contributed by atoms with Crippen LogP contribution < -0.4 is 5.73 Å². The van der Waals surface area contributed by atoms with Crippen molar-refractivity contribution in [3.63, 3.8) is 0 Å². The van der Waals surface area contributed by atoms with Gasteiger partial charge in [-0.2, -0.15) is 0 Å². The molecule has 2 N–H and O–H groups in total. The molecule has 0 aliphatic carbocycles. The number of imidazole rings is 1. The number of fused-ring (bicyclic) bond motifs is 1. The summed E-state index contributed by atoms with van der Waals surface area (Å²) >= 11 is 0. The first-order valence-corrected chi connectivity index (χ1v) is 6.67. The number of aromatic nitrogens is 2. The summed E-state index contributed by atoms with van der Waals surface area (Å²) in [5.74, 6) is -0.192. The first-order valence-electron chi connectivity index (χ1n) is 6.67. The van der Waals surface area contributed by atoms with E-state index in [0.717, 1.165) is 5.52 Å². The van der Waals surface area contributed by atoms with Gasteiger partial charge in [0.25, 0.3) is 0 Å². The Balaban J connectivity index is 2.23. The molecule has 0 aliphatic heterocycles. The van der Waals surface area contributed by atoms with Crippen molar-refractivity contribution < 1.29 is 13.9 Å². The van der Waals surface area contributed by atoms with Crippen LogP contribution in [-0.2, 0) is 16.1 Å². The van der Waals surface area contributed by atoms with E-state index in [1.807, 2.05) is 6.07 Å². The number of methoxy groups -OCH3 is 1. The summed E-state index contributed by atoms with van der Waals surface area (Å²) in [5, 5.41) is 0. The topological polar surface area (TPSA) is 70.1 Å². The minimum Gasteiger partial charge on any atom is -0.468 e. The number of nitrogen functional groups attached to an aromatic ring is 1. The lowest BCUT2D eigenvalue weighted by molar-refractivity contribution is -0.141. The van der Waals surface area contributed by atoms with Gasteiger partial charge in [-0.3, -0.25) is 4.79 Å². The lowest BCUT2D eigenvalue weighted by atomic mass is 10.2. The van der Waals surface area contributed by atoms with Crippen molar-refractivity contribution >= 4 is 22.7 Å². The van der Waals surface area contributed by atoms with Crippen molar-refractivity contribution in [2.24, 2.45) is 0 Å². The zero-order chi connectivity index (χ0) is 15.7. The molecule has 2 aromatic carbocycles. The number of hydrogen-bond donors (Lipinski definition) is 1. The Labute approximate surface area is 126 Å². The molecule has 3 aromatic rings. The summed E-state index contributed by atoms with van der Waals surface area (Å²) in [5.41, 5.74) is 8.49. The molecular formula is C16H14FN3O2. The second-order valence-corrected chi connectivity index (χ2v) is 4.82. The fourth-order valence-corrected chi connectivity index (χ4v) is 2.34. The highest BCUT2D eigenvalue weighted by molar-refractivity contribution is 5.91. The predicted molar refractivity (Wildman–Crippen MR) is 81.6 cm³/mol. The molecule has 0 aliphatic rings. The van der Waals surface area contributed by atoms with Crippen molar-refractivity contribution in [1.29, 1.82) is 0 Å². The van der Waals surface area contributed by atoms with Gasteiger partial charge < -0.3 is 15.0 Å². The molecule has 0 bridgehead atoms. The van der Waals surface area contributed by atoms with Crippen molar-refractivity contribution in [3.05, 3.63) is 48.3 Å². The second-order valence-electron chi connectivity index (χ2n) is 4.82. The fraction of sp³-hybridized carbons (Fsp3) is 0.125. The Kier molecular flexibility index (Phi) is 3.50. The highest BCUT2D eigenvalue weighted by Gasteiger charge is 2.16. The number of para-hydroxylation sites is 1. The first-order chi connectivity index (χ1) is 10.6.